The Labute approximate surface area is 144 Å². The first-order valence-corrected chi connectivity index (χ1v) is 6.74. The summed E-state index contributed by atoms with van der Waals surface area (Å²) in [5.41, 5.74) is -0.224. The average molecular weight is 363 g/mol. The second-order valence-corrected chi connectivity index (χ2v) is 4.47. The largest absolute Gasteiger partial charge is 0.299 e. The number of rotatable bonds is 8. The summed E-state index contributed by atoms with van der Waals surface area (Å²) in [4.78, 5) is 45.6. The first kappa shape index (κ1) is 18.1. The van der Waals surface area contributed by atoms with Gasteiger partial charge in [-0.05, 0) is 6.07 Å². The van der Waals surface area contributed by atoms with Gasteiger partial charge in [-0.2, -0.15) is 0 Å². The van der Waals surface area contributed by atoms with Crippen LogP contribution in [0.3, 0.4) is 0 Å². The van der Waals surface area contributed by atoms with E-state index in [0.717, 1.165) is 6.07 Å². The van der Waals surface area contributed by atoms with Crippen molar-refractivity contribution in [2.45, 2.75) is 0 Å². The lowest BCUT2D eigenvalue weighted by molar-refractivity contribution is -0.738. The summed E-state index contributed by atoms with van der Waals surface area (Å²) >= 11 is 0. The molecule has 134 valence electrons. The summed E-state index contributed by atoms with van der Waals surface area (Å²) in [5, 5.41) is 28.8. The Morgan fingerprint density at radius 2 is 1.23 bits per heavy atom. The minimum atomic E-state index is -1.23. The second kappa shape index (κ2) is 8.05. The molecule has 2 aromatic rings. The molecule has 0 amide bonds. The summed E-state index contributed by atoms with van der Waals surface area (Å²) in [7, 11) is 0. The van der Waals surface area contributed by atoms with Crippen LogP contribution < -0.4 is 4.84 Å². The average Bonchev–Trinajstić information content (AvgIpc) is 2.58. The Morgan fingerprint density at radius 1 is 0.692 bits per heavy atom. The number of para-hydroxylation sites is 1. The third-order valence-electron chi connectivity index (χ3n) is 2.88. The van der Waals surface area contributed by atoms with Crippen molar-refractivity contribution in [3.63, 3.8) is 0 Å². The van der Waals surface area contributed by atoms with Gasteiger partial charge in [0.25, 0.3) is 15.3 Å². The highest BCUT2D eigenvalue weighted by Gasteiger charge is 2.23. The molecular weight excluding hydrogens is 354 g/mol. The smallest absolute Gasteiger partial charge is 0.275 e. The van der Waals surface area contributed by atoms with Crippen LogP contribution in [0.1, 0.15) is 11.1 Å². The zero-order valence-electron chi connectivity index (χ0n) is 12.7. The molecule has 2 aromatic carbocycles. The number of hydrogen-bond acceptors (Lipinski definition) is 9. The molecule has 0 fully saturated rings. The lowest BCUT2D eigenvalue weighted by Crippen LogP contribution is -2.11. The van der Waals surface area contributed by atoms with Crippen LogP contribution in [-0.2, 0) is 9.68 Å². The van der Waals surface area contributed by atoms with Gasteiger partial charge in [0.15, 0.2) is 11.5 Å². The molecule has 0 N–H and O–H groups in total. The van der Waals surface area contributed by atoms with E-state index < -0.39 is 32.5 Å². The summed E-state index contributed by atoms with van der Waals surface area (Å²) in [5.74, 6) is -1.81. The number of benzene rings is 2. The van der Waals surface area contributed by atoms with Crippen molar-refractivity contribution >= 4 is 11.5 Å². The van der Waals surface area contributed by atoms with Gasteiger partial charge < -0.3 is 0 Å². The molecule has 0 atom stereocenters. The molecule has 0 unspecified atom stereocenters. The zero-order chi connectivity index (χ0) is 19.1. The van der Waals surface area contributed by atoms with Gasteiger partial charge in [-0.25, -0.2) is 0 Å². The molecule has 0 aliphatic rings. The van der Waals surface area contributed by atoms with Crippen molar-refractivity contribution in [2.24, 2.45) is 0 Å². The SMILES string of the molecule is O=[N+]([O-])OC(=C(O[N+](=O)[O-])c1ccccc1O[N+](=O)[O-])c1ccccc1. The Morgan fingerprint density at radius 3 is 1.81 bits per heavy atom. The fraction of sp³-hybridized carbons (Fsp3) is 0. The fourth-order valence-corrected chi connectivity index (χ4v) is 1.99. The Kier molecular flexibility index (Phi) is 5.61. The number of hydrogen-bond donors (Lipinski definition) is 0. The van der Waals surface area contributed by atoms with Crippen LogP contribution in [0.4, 0.5) is 0 Å². The molecule has 0 aromatic heterocycles. The van der Waals surface area contributed by atoms with Crippen LogP contribution >= 0.6 is 0 Å². The van der Waals surface area contributed by atoms with Crippen LogP contribution in [-0.4, -0.2) is 15.3 Å². The quantitative estimate of drug-likeness (QED) is 0.297. The Balaban J connectivity index is 2.74. The van der Waals surface area contributed by atoms with Gasteiger partial charge in [0, 0.05) is 11.1 Å². The third kappa shape index (κ3) is 4.64. The minimum absolute atomic E-state index is 0.0666. The Bertz CT molecular complexity index is 867. The van der Waals surface area contributed by atoms with Gasteiger partial charge in [0.05, 0.1) is 0 Å². The summed E-state index contributed by atoms with van der Waals surface area (Å²) < 4.78 is 0. The van der Waals surface area contributed by atoms with Crippen LogP contribution in [0.5, 0.6) is 5.75 Å². The van der Waals surface area contributed by atoms with Gasteiger partial charge in [-0.1, -0.05) is 48.5 Å². The maximum absolute atomic E-state index is 10.9. The molecule has 0 heterocycles. The van der Waals surface area contributed by atoms with E-state index >= 15 is 0 Å². The molecule has 0 bridgehead atoms. The van der Waals surface area contributed by atoms with Gasteiger partial charge in [-0.15, -0.1) is 30.3 Å². The summed E-state index contributed by atoms with van der Waals surface area (Å²) in [6.45, 7) is 0. The van der Waals surface area contributed by atoms with Crippen molar-refractivity contribution in [3.8, 4) is 5.75 Å². The van der Waals surface area contributed by atoms with E-state index in [4.69, 9.17) is 0 Å². The monoisotopic (exact) mass is 363 g/mol. The van der Waals surface area contributed by atoms with Crippen molar-refractivity contribution in [2.75, 3.05) is 0 Å². The van der Waals surface area contributed by atoms with Crippen molar-refractivity contribution < 1.29 is 29.8 Å². The highest BCUT2D eigenvalue weighted by atomic mass is 17.0. The van der Waals surface area contributed by atoms with Gasteiger partial charge in [0.2, 0.25) is 0 Å². The van der Waals surface area contributed by atoms with Crippen LogP contribution in [0.15, 0.2) is 54.6 Å². The number of nitrogens with zero attached hydrogens (tertiary/aromatic N) is 3. The van der Waals surface area contributed by atoms with E-state index in [2.05, 4.69) is 14.5 Å². The van der Waals surface area contributed by atoms with E-state index in [1.54, 1.807) is 6.07 Å². The van der Waals surface area contributed by atoms with E-state index in [-0.39, 0.29) is 11.1 Å². The molecule has 26 heavy (non-hydrogen) atoms. The topological polar surface area (TPSA) is 157 Å². The molecule has 0 saturated heterocycles. The van der Waals surface area contributed by atoms with Crippen LogP contribution in [0.25, 0.3) is 11.5 Å². The van der Waals surface area contributed by atoms with E-state index in [9.17, 15) is 30.3 Å². The Hall–Kier alpha value is -4.22. The highest BCUT2D eigenvalue weighted by Crippen LogP contribution is 2.34. The predicted molar refractivity (Wildman–Crippen MR) is 83.5 cm³/mol. The molecule has 0 aliphatic heterocycles. The van der Waals surface area contributed by atoms with Crippen LogP contribution in [0, 0.1) is 30.3 Å². The fourth-order valence-electron chi connectivity index (χ4n) is 1.99. The van der Waals surface area contributed by atoms with Crippen molar-refractivity contribution in [3.05, 3.63) is 96.1 Å². The van der Waals surface area contributed by atoms with E-state index in [1.807, 2.05) is 0 Å². The van der Waals surface area contributed by atoms with Crippen molar-refractivity contribution in [1.29, 1.82) is 0 Å². The highest BCUT2D eigenvalue weighted by molar-refractivity contribution is 5.85. The van der Waals surface area contributed by atoms with Crippen LogP contribution in [0.2, 0.25) is 0 Å². The molecule has 0 saturated carbocycles. The molecule has 0 aliphatic carbocycles. The molecule has 2 rings (SSSR count). The summed E-state index contributed by atoms with van der Waals surface area (Å²) in [6, 6.07) is 12.4. The normalized spacial score (nSPS) is 11.1. The third-order valence-corrected chi connectivity index (χ3v) is 2.88. The molecule has 0 spiro atoms. The molecule has 12 nitrogen and oxygen atoms in total. The first-order valence-electron chi connectivity index (χ1n) is 6.74. The first-order chi connectivity index (χ1) is 12.4. The van der Waals surface area contributed by atoms with Crippen molar-refractivity contribution in [1.82, 2.24) is 0 Å². The lowest BCUT2D eigenvalue weighted by atomic mass is 10.1. The molecule has 12 heteroatoms. The van der Waals surface area contributed by atoms with Gasteiger partial charge in [-0.3, -0.25) is 14.5 Å². The molecule has 0 radical (unpaired) electrons. The van der Waals surface area contributed by atoms with Gasteiger partial charge in [0.1, 0.15) is 5.75 Å². The maximum atomic E-state index is 10.9. The lowest BCUT2D eigenvalue weighted by Gasteiger charge is -2.14. The molecular formula is C14H9N3O9. The van der Waals surface area contributed by atoms with E-state index in [1.165, 1.54) is 42.5 Å². The minimum Gasteiger partial charge on any atom is -0.275 e. The summed E-state index contributed by atoms with van der Waals surface area (Å²) in [6.07, 6.45) is 0. The maximum Gasteiger partial charge on any atom is 0.299 e. The van der Waals surface area contributed by atoms with E-state index in [0.29, 0.717) is 0 Å². The standard InChI is InChI=1S/C14H9N3O9/c18-15(19)24-12-9-5-4-8-11(12)14(26-17(22)23)13(25-16(20)21)10-6-2-1-3-7-10/h1-9H. The second-order valence-electron chi connectivity index (χ2n) is 4.47. The zero-order valence-corrected chi connectivity index (χ0v) is 12.7. The predicted octanol–water partition coefficient (Wildman–Crippen LogP) is 2.50. The van der Waals surface area contributed by atoms with Gasteiger partial charge >= 0.3 is 0 Å².